The maximum Gasteiger partial charge on any atom is 0.138 e. The molecule has 0 amide bonds. The molecule has 0 N–H and O–H groups in total. The van der Waals surface area contributed by atoms with E-state index in [1.165, 1.54) is 43.7 Å². The zero-order valence-electron chi connectivity index (χ0n) is 28.4. The molecule has 0 spiro atoms. The van der Waals surface area contributed by atoms with Gasteiger partial charge < -0.3 is 4.57 Å². The van der Waals surface area contributed by atoms with Gasteiger partial charge in [-0.2, -0.15) is 0 Å². The van der Waals surface area contributed by atoms with Gasteiger partial charge in [-0.05, 0) is 95.4 Å². The number of para-hydroxylation sites is 3. The Hall–Kier alpha value is -6.71. The summed E-state index contributed by atoms with van der Waals surface area (Å²) in [5.41, 5.74) is 12.5. The Morgan fingerprint density at radius 1 is 0.490 bits per heavy atom. The van der Waals surface area contributed by atoms with Crippen LogP contribution in [0.5, 0.6) is 0 Å². The van der Waals surface area contributed by atoms with E-state index < -0.39 is 0 Å². The largest absolute Gasteiger partial charge is 0.309 e. The molecular formula is C48H35N3. The van der Waals surface area contributed by atoms with Gasteiger partial charge in [-0.1, -0.05) is 128 Å². The molecular weight excluding hydrogens is 619 g/mol. The average Bonchev–Trinajstić information content (AvgIpc) is 3.70. The molecule has 6 aromatic carbocycles. The van der Waals surface area contributed by atoms with Crippen LogP contribution in [-0.2, 0) is 0 Å². The normalized spacial score (nSPS) is 12.1. The van der Waals surface area contributed by atoms with Crippen LogP contribution in [-0.4, -0.2) is 14.1 Å². The van der Waals surface area contributed by atoms with E-state index in [4.69, 9.17) is 4.98 Å². The smallest absolute Gasteiger partial charge is 0.138 e. The standard InChI is InChI=1S/C48H35N3/c1-3-4-7-16-33(2)43-31-37(34-17-8-5-9-18-34)32-48(49-43)51-45-24-15-13-22-40(45)42-30-36(26-28-47(42)51)35-25-27-46-41(29-35)39-21-12-14-23-44(39)50(46)38-19-10-6-11-20-38/h3-32H,1H2,2H3/b7-4-,33-16+. The highest BCUT2D eigenvalue weighted by Gasteiger charge is 2.17. The van der Waals surface area contributed by atoms with Gasteiger partial charge in [0, 0.05) is 27.2 Å². The quantitative estimate of drug-likeness (QED) is 0.157. The minimum absolute atomic E-state index is 0.890. The molecule has 3 heterocycles. The molecule has 0 saturated heterocycles. The van der Waals surface area contributed by atoms with Crippen LogP contribution in [0, 0.1) is 0 Å². The van der Waals surface area contributed by atoms with Gasteiger partial charge in [0.1, 0.15) is 5.82 Å². The Morgan fingerprint density at radius 3 is 1.69 bits per heavy atom. The van der Waals surface area contributed by atoms with Crippen molar-refractivity contribution >= 4 is 49.2 Å². The molecule has 0 saturated carbocycles. The second kappa shape index (κ2) is 12.6. The highest BCUT2D eigenvalue weighted by Crippen LogP contribution is 2.38. The molecule has 51 heavy (non-hydrogen) atoms. The predicted octanol–water partition coefficient (Wildman–Crippen LogP) is 12.8. The number of aromatic nitrogens is 3. The SMILES string of the molecule is C=C/C=C\C=C(/C)c1cc(-c2ccccc2)cc(-n2c3ccccc3c3cc(-c4ccc5c(c4)c4ccccc4n5-c4ccccc4)ccc32)n1. The predicted molar refractivity (Wildman–Crippen MR) is 217 cm³/mol. The lowest BCUT2D eigenvalue weighted by molar-refractivity contribution is 1.07. The van der Waals surface area contributed by atoms with E-state index in [-0.39, 0.29) is 0 Å². The van der Waals surface area contributed by atoms with E-state index >= 15 is 0 Å². The first-order valence-corrected chi connectivity index (χ1v) is 17.3. The molecule has 9 aromatic rings. The van der Waals surface area contributed by atoms with Crippen molar-refractivity contribution in [1.82, 2.24) is 14.1 Å². The summed E-state index contributed by atoms with van der Waals surface area (Å²) in [6.07, 6.45) is 7.83. The van der Waals surface area contributed by atoms with Gasteiger partial charge in [0.2, 0.25) is 0 Å². The van der Waals surface area contributed by atoms with Crippen LogP contribution in [0.1, 0.15) is 12.6 Å². The number of nitrogens with zero attached hydrogens (tertiary/aromatic N) is 3. The van der Waals surface area contributed by atoms with Crippen LogP contribution < -0.4 is 0 Å². The summed E-state index contributed by atoms with van der Waals surface area (Å²) in [6, 6.07) is 56.7. The fraction of sp³-hybridized carbons (Fsp3) is 0.0208. The monoisotopic (exact) mass is 653 g/mol. The molecule has 0 aliphatic carbocycles. The summed E-state index contributed by atoms with van der Waals surface area (Å²) in [5.74, 6) is 0.890. The molecule has 0 bridgehead atoms. The molecule has 242 valence electrons. The molecule has 9 rings (SSSR count). The first-order chi connectivity index (χ1) is 25.2. The van der Waals surface area contributed by atoms with Crippen molar-refractivity contribution < 1.29 is 0 Å². The lowest BCUT2D eigenvalue weighted by Crippen LogP contribution is -2.01. The van der Waals surface area contributed by atoms with E-state index in [2.05, 4.69) is 186 Å². The minimum Gasteiger partial charge on any atom is -0.309 e. The van der Waals surface area contributed by atoms with E-state index in [1.54, 1.807) is 6.08 Å². The molecule has 0 atom stereocenters. The Labute approximate surface area is 297 Å². The summed E-state index contributed by atoms with van der Waals surface area (Å²) < 4.78 is 4.68. The van der Waals surface area contributed by atoms with Crippen molar-refractivity contribution in [2.24, 2.45) is 0 Å². The van der Waals surface area contributed by atoms with Crippen molar-refractivity contribution in [2.45, 2.75) is 6.92 Å². The highest BCUT2D eigenvalue weighted by atomic mass is 15.1. The molecule has 0 aliphatic rings. The molecule has 3 heteroatoms. The summed E-state index contributed by atoms with van der Waals surface area (Å²) >= 11 is 0. The summed E-state index contributed by atoms with van der Waals surface area (Å²) in [6.45, 7) is 5.93. The van der Waals surface area contributed by atoms with Gasteiger partial charge in [-0.25, -0.2) is 4.98 Å². The highest BCUT2D eigenvalue weighted by molar-refractivity contribution is 6.12. The van der Waals surface area contributed by atoms with Crippen LogP contribution >= 0.6 is 0 Å². The molecule has 0 aliphatic heterocycles. The van der Waals surface area contributed by atoms with Crippen LogP contribution in [0.4, 0.5) is 0 Å². The van der Waals surface area contributed by atoms with Crippen LogP contribution in [0.2, 0.25) is 0 Å². The van der Waals surface area contributed by atoms with Crippen molar-refractivity contribution in [3.63, 3.8) is 0 Å². The second-order valence-corrected chi connectivity index (χ2v) is 12.9. The second-order valence-electron chi connectivity index (χ2n) is 12.9. The van der Waals surface area contributed by atoms with Gasteiger partial charge in [-0.15, -0.1) is 0 Å². The van der Waals surface area contributed by atoms with Crippen molar-refractivity contribution in [2.75, 3.05) is 0 Å². The van der Waals surface area contributed by atoms with Gasteiger partial charge in [0.25, 0.3) is 0 Å². The van der Waals surface area contributed by atoms with Gasteiger partial charge in [0.15, 0.2) is 0 Å². The molecule has 0 unspecified atom stereocenters. The van der Waals surface area contributed by atoms with Crippen LogP contribution in [0.15, 0.2) is 189 Å². The lowest BCUT2D eigenvalue weighted by Gasteiger charge is -2.13. The maximum absolute atomic E-state index is 5.28. The van der Waals surface area contributed by atoms with E-state index in [0.29, 0.717) is 0 Å². The van der Waals surface area contributed by atoms with Crippen molar-refractivity contribution in [3.05, 3.63) is 194 Å². The first kappa shape index (κ1) is 30.4. The zero-order valence-corrected chi connectivity index (χ0v) is 28.4. The van der Waals surface area contributed by atoms with Crippen molar-refractivity contribution in [3.8, 4) is 33.8 Å². The van der Waals surface area contributed by atoms with Crippen LogP contribution in [0.3, 0.4) is 0 Å². The summed E-state index contributed by atoms with van der Waals surface area (Å²) in [7, 11) is 0. The third kappa shape index (κ3) is 5.27. The third-order valence-electron chi connectivity index (χ3n) is 9.84. The molecule has 3 aromatic heterocycles. The maximum atomic E-state index is 5.28. The fourth-order valence-electron chi connectivity index (χ4n) is 7.40. The third-order valence-corrected chi connectivity index (χ3v) is 9.84. The van der Waals surface area contributed by atoms with E-state index in [9.17, 15) is 0 Å². The average molecular weight is 654 g/mol. The lowest BCUT2D eigenvalue weighted by atomic mass is 10.0. The summed E-state index contributed by atoms with van der Waals surface area (Å²) in [5, 5.41) is 4.89. The fourth-order valence-corrected chi connectivity index (χ4v) is 7.40. The Balaban J connectivity index is 1.23. The van der Waals surface area contributed by atoms with E-state index in [1.807, 2.05) is 12.2 Å². The Bertz CT molecular complexity index is 2810. The van der Waals surface area contributed by atoms with Crippen LogP contribution in [0.25, 0.3) is 82.9 Å². The van der Waals surface area contributed by atoms with Gasteiger partial charge >= 0.3 is 0 Å². The minimum atomic E-state index is 0.890. The summed E-state index contributed by atoms with van der Waals surface area (Å²) in [4.78, 5) is 5.28. The zero-order chi connectivity index (χ0) is 34.3. The number of rotatable bonds is 7. The Morgan fingerprint density at radius 2 is 1.04 bits per heavy atom. The van der Waals surface area contributed by atoms with Gasteiger partial charge in [0.05, 0.1) is 27.8 Å². The topological polar surface area (TPSA) is 22.8 Å². The van der Waals surface area contributed by atoms with Gasteiger partial charge in [-0.3, -0.25) is 4.57 Å². The van der Waals surface area contributed by atoms with E-state index in [0.717, 1.165) is 44.9 Å². The number of hydrogen-bond donors (Lipinski definition) is 0. The molecule has 3 nitrogen and oxygen atoms in total. The number of benzene rings is 6. The van der Waals surface area contributed by atoms with Crippen molar-refractivity contribution in [1.29, 1.82) is 0 Å². The Kier molecular flexibility index (Phi) is 7.52. The number of fused-ring (bicyclic) bond motifs is 6. The molecule has 0 fully saturated rings. The number of pyridine rings is 1. The number of allylic oxidation sites excluding steroid dienone is 5. The molecule has 0 radical (unpaired) electrons. The first-order valence-electron chi connectivity index (χ1n) is 17.3. The number of hydrogen-bond acceptors (Lipinski definition) is 1.